The molecular formula is C17H36O4Si. The molecule has 0 aliphatic heterocycles. The molecule has 0 fully saturated rings. The van der Waals surface area contributed by atoms with Crippen molar-refractivity contribution < 1.29 is 19.0 Å². The van der Waals surface area contributed by atoms with Gasteiger partial charge >= 0.3 is 5.97 Å². The van der Waals surface area contributed by atoms with E-state index in [1.807, 2.05) is 13.8 Å². The van der Waals surface area contributed by atoms with Crippen LogP contribution in [0.4, 0.5) is 0 Å². The zero-order chi connectivity index (χ0) is 17.0. The fourth-order valence-electron chi connectivity index (χ4n) is 2.19. The van der Waals surface area contributed by atoms with Gasteiger partial charge in [0, 0.05) is 21.3 Å². The van der Waals surface area contributed by atoms with Gasteiger partial charge in [-0.25, -0.2) is 0 Å². The number of ether oxygens (including phenoxy) is 3. The molecule has 0 spiro atoms. The molecule has 0 rings (SSSR count). The molecule has 0 aromatic rings. The Morgan fingerprint density at radius 2 is 1.82 bits per heavy atom. The lowest BCUT2D eigenvalue weighted by Crippen LogP contribution is -2.27. The minimum absolute atomic E-state index is 0.0268. The van der Waals surface area contributed by atoms with Gasteiger partial charge < -0.3 is 14.2 Å². The van der Waals surface area contributed by atoms with Crippen molar-refractivity contribution in [3.8, 4) is 0 Å². The molecule has 132 valence electrons. The number of rotatable bonds is 13. The molecule has 4 nitrogen and oxygen atoms in total. The SMILES string of the molecule is CCCOCC(CC(C)C(=O)OCCC[Si](C)(C)C)OCC. The summed E-state index contributed by atoms with van der Waals surface area (Å²) in [5.74, 6) is -0.260. The van der Waals surface area contributed by atoms with Crippen LogP contribution in [0.3, 0.4) is 0 Å². The highest BCUT2D eigenvalue weighted by Gasteiger charge is 2.21. The molecule has 5 heteroatoms. The molecule has 0 N–H and O–H groups in total. The molecule has 2 unspecified atom stereocenters. The van der Waals surface area contributed by atoms with Crippen molar-refractivity contribution >= 4 is 14.0 Å². The summed E-state index contributed by atoms with van der Waals surface area (Å²) in [4.78, 5) is 12.0. The van der Waals surface area contributed by atoms with Gasteiger partial charge in [-0.1, -0.05) is 39.5 Å². The van der Waals surface area contributed by atoms with E-state index in [1.165, 1.54) is 6.04 Å². The Kier molecular flexibility index (Phi) is 11.9. The molecule has 2 atom stereocenters. The standard InChI is InChI=1S/C17H36O4Si/c1-7-10-19-14-16(20-8-2)13-15(3)17(18)21-11-9-12-22(4,5)6/h15-16H,7-14H2,1-6H3. The molecule has 0 aliphatic rings. The number of carbonyl (C=O) groups is 1. The smallest absolute Gasteiger partial charge is 0.308 e. The topological polar surface area (TPSA) is 44.8 Å². The van der Waals surface area contributed by atoms with Gasteiger partial charge in [-0.05, 0) is 26.2 Å². The Morgan fingerprint density at radius 3 is 2.36 bits per heavy atom. The Labute approximate surface area is 137 Å². The molecule has 0 aromatic heterocycles. The number of hydrogen-bond acceptors (Lipinski definition) is 4. The van der Waals surface area contributed by atoms with Crippen molar-refractivity contribution in [2.24, 2.45) is 5.92 Å². The first kappa shape index (κ1) is 21.6. The van der Waals surface area contributed by atoms with Gasteiger partial charge in [-0.2, -0.15) is 0 Å². The molecule has 0 aromatic carbocycles. The third kappa shape index (κ3) is 12.2. The normalized spacial score (nSPS) is 14.6. The third-order valence-corrected chi connectivity index (χ3v) is 5.24. The van der Waals surface area contributed by atoms with Crippen LogP contribution in [0.2, 0.25) is 25.7 Å². The van der Waals surface area contributed by atoms with Crippen LogP contribution in [0.25, 0.3) is 0 Å². The van der Waals surface area contributed by atoms with Gasteiger partial charge in [0.1, 0.15) is 0 Å². The maximum Gasteiger partial charge on any atom is 0.308 e. The van der Waals surface area contributed by atoms with Crippen LogP contribution in [0, 0.1) is 5.92 Å². The zero-order valence-electron chi connectivity index (χ0n) is 15.4. The second kappa shape index (κ2) is 12.1. The summed E-state index contributed by atoms with van der Waals surface area (Å²) in [5, 5.41) is 0. The summed E-state index contributed by atoms with van der Waals surface area (Å²) in [7, 11) is -1.04. The van der Waals surface area contributed by atoms with E-state index in [-0.39, 0.29) is 18.0 Å². The fourth-order valence-corrected chi connectivity index (χ4v) is 3.39. The lowest BCUT2D eigenvalue weighted by Gasteiger charge is -2.20. The van der Waals surface area contributed by atoms with E-state index in [2.05, 4.69) is 26.6 Å². The van der Waals surface area contributed by atoms with Crippen molar-refractivity contribution in [1.29, 1.82) is 0 Å². The first-order valence-corrected chi connectivity index (χ1v) is 12.4. The Morgan fingerprint density at radius 1 is 1.14 bits per heavy atom. The van der Waals surface area contributed by atoms with Crippen molar-refractivity contribution in [1.82, 2.24) is 0 Å². The van der Waals surface area contributed by atoms with Crippen molar-refractivity contribution in [3.05, 3.63) is 0 Å². The average molecular weight is 333 g/mol. The predicted molar refractivity (Wildman–Crippen MR) is 94.0 cm³/mol. The Hall–Kier alpha value is -0.393. The summed E-state index contributed by atoms with van der Waals surface area (Å²) in [5.41, 5.74) is 0. The number of esters is 1. The molecule has 0 radical (unpaired) electrons. The zero-order valence-corrected chi connectivity index (χ0v) is 16.4. The molecule has 0 amide bonds. The van der Waals surface area contributed by atoms with Crippen molar-refractivity contribution in [2.45, 2.75) is 71.8 Å². The maximum atomic E-state index is 12.0. The lowest BCUT2D eigenvalue weighted by atomic mass is 10.0. The van der Waals surface area contributed by atoms with E-state index >= 15 is 0 Å². The van der Waals surface area contributed by atoms with E-state index in [9.17, 15) is 4.79 Å². The average Bonchev–Trinajstić information content (AvgIpc) is 2.42. The van der Waals surface area contributed by atoms with Gasteiger partial charge in [0.25, 0.3) is 0 Å². The Balaban J connectivity index is 4.02. The van der Waals surface area contributed by atoms with E-state index in [0.717, 1.165) is 19.4 Å². The van der Waals surface area contributed by atoms with Crippen LogP contribution in [0.15, 0.2) is 0 Å². The van der Waals surface area contributed by atoms with Gasteiger partial charge in [0.05, 0.1) is 25.2 Å². The van der Waals surface area contributed by atoms with Gasteiger partial charge in [-0.15, -0.1) is 0 Å². The lowest BCUT2D eigenvalue weighted by molar-refractivity contribution is -0.149. The maximum absolute atomic E-state index is 12.0. The van der Waals surface area contributed by atoms with E-state index < -0.39 is 8.07 Å². The van der Waals surface area contributed by atoms with Gasteiger partial charge in [-0.3, -0.25) is 4.79 Å². The largest absolute Gasteiger partial charge is 0.465 e. The monoisotopic (exact) mass is 332 g/mol. The van der Waals surface area contributed by atoms with Crippen molar-refractivity contribution in [2.75, 3.05) is 26.4 Å². The summed E-state index contributed by atoms with van der Waals surface area (Å²) in [6.45, 7) is 15.4. The minimum Gasteiger partial charge on any atom is -0.465 e. The van der Waals surface area contributed by atoms with E-state index in [1.54, 1.807) is 0 Å². The van der Waals surface area contributed by atoms with Crippen LogP contribution < -0.4 is 0 Å². The number of carbonyl (C=O) groups excluding carboxylic acids is 1. The van der Waals surface area contributed by atoms with Crippen LogP contribution in [-0.2, 0) is 19.0 Å². The van der Waals surface area contributed by atoms with Gasteiger partial charge in [0.2, 0.25) is 0 Å². The molecular weight excluding hydrogens is 296 g/mol. The van der Waals surface area contributed by atoms with Crippen LogP contribution in [-0.4, -0.2) is 46.6 Å². The highest BCUT2D eigenvalue weighted by atomic mass is 28.3. The molecule has 0 saturated carbocycles. The van der Waals surface area contributed by atoms with Crippen LogP contribution >= 0.6 is 0 Å². The molecule has 0 saturated heterocycles. The van der Waals surface area contributed by atoms with Crippen LogP contribution in [0.5, 0.6) is 0 Å². The quantitative estimate of drug-likeness (QED) is 0.289. The first-order valence-electron chi connectivity index (χ1n) is 8.66. The third-order valence-electron chi connectivity index (χ3n) is 3.39. The first-order chi connectivity index (χ1) is 10.3. The summed E-state index contributed by atoms with van der Waals surface area (Å²) < 4.78 is 16.6. The molecule has 0 bridgehead atoms. The highest BCUT2D eigenvalue weighted by Crippen LogP contribution is 2.14. The summed E-state index contributed by atoms with van der Waals surface area (Å²) >= 11 is 0. The Bertz CT molecular complexity index is 289. The highest BCUT2D eigenvalue weighted by molar-refractivity contribution is 6.76. The number of hydrogen-bond donors (Lipinski definition) is 0. The molecule has 0 heterocycles. The molecule has 22 heavy (non-hydrogen) atoms. The molecule has 0 aliphatic carbocycles. The fraction of sp³-hybridized carbons (Fsp3) is 0.941. The van der Waals surface area contributed by atoms with E-state index in [4.69, 9.17) is 14.2 Å². The van der Waals surface area contributed by atoms with Crippen LogP contribution in [0.1, 0.15) is 40.0 Å². The second-order valence-electron chi connectivity index (χ2n) is 7.12. The van der Waals surface area contributed by atoms with Crippen molar-refractivity contribution in [3.63, 3.8) is 0 Å². The summed E-state index contributed by atoms with van der Waals surface area (Å²) in [6, 6.07) is 1.20. The van der Waals surface area contributed by atoms with Gasteiger partial charge in [0.15, 0.2) is 0 Å². The second-order valence-corrected chi connectivity index (χ2v) is 12.7. The predicted octanol–water partition coefficient (Wildman–Crippen LogP) is 4.12. The summed E-state index contributed by atoms with van der Waals surface area (Å²) in [6.07, 6.45) is 2.60. The van der Waals surface area contributed by atoms with E-state index in [0.29, 0.717) is 26.2 Å². The minimum atomic E-state index is -1.04.